The van der Waals surface area contributed by atoms with E-state index in [2.05, 4.69) is 13.8 Å². The molecule has 0 spiro atoms. The number of hydrogen-bond donors (Lipinski definition) is 0. The van der Waals surface area contributed by atoms with Crippen LogP contribution in [-0.4, -0.2) is 26.2 Å². The average Bonchev–Trinajstić information content (AvgIpc) is 3.27. The summed E-state index contributed by atoms with van der Waals surface area (Å²) in [6, 6.07) is 0. The summed E-state index contributed by atoms with van der Waals surface area (Å²) >= 11 is 0. The molecule has 4 nitrogen and oxygen atoms in total. The number of esters is 2. The van der Waals surface area contributed by atoms with Gasteiger partial charge in [0.25, 0.3) is 0 Å². The van der Waals surface area contributed by atoms with E-state index in [1.165, 1.54) is 14.2 Å². The first kappa shape index (κ1) is 11.6. The van der Waals surface area contributed by atoms with Gasteiger partial charge in [-0.1, -0.05) is 13.8 Å². The van der Waals surface area contributed by atoms with Crippen LogP contribution in [0.2, 0.25) is 0 Å². The monoisotopic (exact) mass is 276 g/mol. The van der Waals surface area contributed by atoms with Crippen molar-refractivity contribution in [2.45, 2.75) is 13.8 Å². The van der Waals surface area contributed by atoms with Gasteiger partial charge in [-0.3, -0.25) is 9.59 Å². The minimum Gasteiger partial charge on any atom is -0.469 e. The molecule has 0 aromatic heterocycles. The standard InChI is InChI=1S/C16H20O4/c1-15-9-7-5(13(17)19-3)6(14(18)20-4)8(10(9)15)12-11(7)16(12,15)2/h5-12H,1-4H3/t5-,6+,7?,8?,9-,10+,11+,12-,15?,16?. The molecule has 108 valence electrons. The second-order valence-corrected chi connectivity index (χ2v) is 7.92. The largest absolute Gasteiger partial charge is 0.469 e. The average molecular weight is 276 g/mol. The smallest absolute Gasteiger partial charge is 0.309 e. The lowest BCUT2D eigenvalue weighted by molar-refractivity contribution is -0.171. The number of ether oxygens (including phenoxy) is 2. The Morgan fingerprint density at radius 1 is 0.750 bits per heavy atom. The fourth-order valence-corrected chi connectivity index (χ4v) is 7.85. The summed E-state index contributed by atoms with van der Waals surface area (Å²) in [6.45, 7) is 4.78. The van der Waals surface area contributed by atoms with Crippen LogP contribution in [0.25, 0.3) is 0 Å². The summed E-state index contributed by atoms with van der Waals surface area (Å²) < 4.78 is 10.1. The second kappa shape index (κ2) is 2.79. The fourth-order valence-electron chi connectivity index (χ4n) is 7.85. The molecule has 4 heteroatoms. The van der Waals surface area contributed by atoms with E-state index in [9.17, 15) is 9.59 Å². The number of methoxy groups -OCH3 is 2. The lowest BCUT2D eigenvalue weighted by Gasteiger charge is -2.44. The molecule has 0 radical (unpaired) electrons. The molecule has 6 rings (SSSR count). The van der Waals surface area contributed by atoms with E-state index < -0.39 is 0 Å². The normalized spacial score (nSPS) is 65.8. The topological polar surface area (TPSA) is 52.6 Å². The highest BCUT2D eigenvalue weighted by atomic mass is 16.5. The Balaban J connectivity index is 1.65. The number of fused-ring (bicyclic) bond motifs is 1. The van der Waals surface area contributed by atoms with Gasteiger partial charge < -0.3 is 9.47 Å². The van der Waals surface area contributed by atoms with E-state index in [0.29, 0.717) is 46.3 Å². The molecule has 6 saturated carbocycles. The maximum atomic E-state index is 12.3. The van der Waals surface area contributed by atoms with E-state index in [1.54, 1.807) is 0 Å². The van der Waals surface area contributed by atoms with Crippen molar-refractivity contribution in [1.29, 1.82) is 0 Å². The van der Waals surface area contributed by atoms with Gasteiger partial charge >= 0.3 is 11.9 Å². The predicted molar refractivity (Wildman–Crippen MR) is 68.2 cm³/mol. The van der Waals surface area contributed by atoms with Gasteiger partial charge in [-0.05, 0) is 46.3 Å². The number of rotatable bonds is 2. The SMILES string of the molecule is COC(=O)[C@@H]1C2[C@@H]3[C@@H]4C([C@@H]5[C@H]2C5(C)C34C)[C@@H]1C(=O)OC. The van der Waals surface area contributed by atoms with Gasteiger partial charge in [-0.15, -0.1) is 0 Å². The molecule has 6 aliphatic carbocycles. The first-order valence-corrected chi connectivity index (χ1v) is 7.62. The van der Waals surface area contributed by atoms with Crippen LogP contribution in [0, 0.1) is 58.2 Å². The Morgan fingerprint density at radius 2 is 1.05 bits per heavy atom. The highest BCUT2D eigenvalue weighted by Gasteiger charge is 3.01. The van der Waals surface area contributed by atoms with Gasteiger partial charge in [0, 0.05) is 0 Å². The highest BCUT2D eigenvalue weighted by molar-refractivity contribution is 5.85. The van der Waals surface area contributed by atoms with E-state index in [1.807, 2.05) is 0 Å². The Bertz CT molecular complexity index is 497. The third-order valence-electron chi connectivity index (χ3n) is 8.31. The zero-order chi connectivity index (χ0) is 14.2. The van der Waals surface area contributed by atoms with Crippen molar-refractivity contribution in [3.05, 3.63) is 0 Å². The first-order valence-electron chi connectivity index (χ1n) is 7.62. The zero-order valence-corrected chi connectivity index (χ0v) is 12.3. The van der Waals surface area contributed by atoms with E-state index in [-0.39, 0.29) is 23.8 Å². The van der Waals surface area contributed by atoms with E-state index in [0.717, 1.165) is 0 Å². The highest BCUT2D eigenvalue weighted by Crippen LogP contribution is 3.03. The molecule has 20 heavy (non-hydrogen) atoms. The van der Waals surface area contributed by atoms with E-state index >= 15 is 0 Å². The second-order valence-electron chi connectivity index (χ2n) is 7.92. The molecule has 2 bridgehead atoms. The van der Waals surface area contributed by atoms with Crippen LogP contribution >= 0.6 is 0 Å². The van der Waals surface area contributed by atoms with Gasteiger partial charge in [0.05, 0.1) is 26.1 Å². The zero-order valence-electron chi connectivity index (χ0n) is 12.3. The summed E-state index contributed by atoms with van der Waals surface area (Å²) in [7, 11) is 2.87. The van der Waals surface area contributed by atoms with Crippen molar-refractivity contribution in [2.75, 3.05) is 14.2 Å². The first-order chi connectivity index (χ1) is 9.46. The van der Waals surface area contributed by atoms with Crippen LogP contribution < -0.4 is 0 Å². The molecular weight excluding hydrogens is 256 g/mol. The Labute approximate surface area is 118 Å². The molecule has 0 aliphatic heterocycles. The fraction of sp³-hybridized carbons (Fsp3) is 0.875. The quantitative estimate of drug-likeness (QED) is 0.714. The molecule has 6 fully saturated rings. The third kappa shape index (κ3) is 0.746. The van der Waals surface area contributed by atoms with Crippen LogP contribution in [0.15, 0.2) is 0 Å². The lowest BCUT2D eigenvalue weighted by atomic mass is 9.58. The van der Waals surface area contributed by atoms with Crippen molar-refractivity contribution in [2.24, 2.45) is 58.2 Å². The third-order valence-corrected chi connectivity index (χ3v) is 8.31. The van der Waals surface area contributed by atoms with Gasteiger partial charge in [0.2, 0.25) is 0 Å². The maximum Gasteiger partial charge on any atom is 0.309 e. The van der Waals surface area contributed by atoms with Gasteiger partial charge in [-0.2, -0.15) is 0 Å². The molecule has 0 heterocycles. The Morgan fingerprint density at radius 3 is 1.30 bits per heavy atom. The predicted octanol–water partition coefficient (Wildman–Crippen LogP) is 1.34. The molecule has 0 aromatic rings. The number of carbonyl (C=O) groups is 2. The van der Waals surface area contributed by atoms with Crippen molar-refractivity contribution >= 4 is 11.9 Å². The molecule has 6 aliphatic rings. The molecule has 0 amide bonds. The Hall–Kier alpha value is -1.06. The van der Waals surface area contributed by atoms with Crippen LogP contribution in [0.5, 0.6) is 0 Å². The van der Waals surface area contributed by atoms with E-state index in [4.69, 9.17) is 9.47 Å². The summed E-state index contributed by atoms with van der Waals surface area (Å²) in [6.07, 6.45) is 0. The molecule has 0 aromatic carbocycles. The molecule has 4 unspecified atom stereocenters. The van der Waals surface area contributed by atoms with Crippen LogP contribution in [0.1, 0.15) is 13.8 Å². The summed E-state index contributed by atoms with van der Waals surface area (Å²) in [4.78, 5) is 24.6. The Kier molecular flexibility index (Phi) is 1.62. The molecule has 0 saturated heterocycles. The van der Waals surface area contributed by atoms with Crippen molar-refractivity contribution in [1.82, 2.24) is 0 Å². The van der Waals surface area contributed by atoms with Gasteiger partial charge in [0.15, 0.2) is 0 Å². The van der Waals surface area contributed by atoms with Crippen molar-refractivity contribution in [3.8, 4) is 0 Å². The maximum absolute atomic E-state index is 12.3. The van der Waals surface area contributed by atoms with Crippen molar-refractivity contribution < 1.29 is 19.1 Å². The minimum absolute atomic E-state index is 0.197. The summed E-state index contributed by atoms with van der Waals surface area (Å²) in [5.41, 5.74) is 0.763. The van der Waals surface area contributed by atoms with Crippen molar-refractivity contribution in [3.63, 3.8) is 0 Å². The number of hydrogen-bond acceptors (Lipinski definition) is 4. The van der Waals surface area contributed by atoms with Crippen LogP contribution in [0.3, 0.4) is 0 Å². The lowest BCUT2D eigenvalue weighted by Crippen LogP contribution is -2.51. The molecule has 10 atom stereocenters. The molecular formula is C16H20O4. The van der Waals surface area contributed by atoms with Gasteiger partial charge in [-0.25, -0.2) is 0 Å². The van der Waals surface area contributed by atoms with Crippen LogP contribution in [-0.2, 0) is 19.1 Å². The summed E-state index contributed by atoms with van der Waals surface area (Å²) in [5, 5.41) is 0. The minimum atomic E-state index is -0.258. The molecule has 0 N–H and O–H groups in total. The van der Waals surface area contributed by atoms with Gasteiger partial charge in [0.1, 0.15) is 0 Å². The summed E-state index contributed by atoms with van der Waals surface area (Å²) in [5.74, 6) is 2.42. The number of carbonyl (C=O) groups excluding carboxylic acids is 2. The van der Waals surface area contributed by atoms with Crippen LogP contribution in [0.4, 0.5) is 0 Å².